The van der Waals surface area contributed by atoms with Gasteiger partial charge >= 0.3 is 0 Å². The first-order chi connectivity index (χ1) is 23.5. The average molecular weight is 674 g/mol. The van der Waals surface area contributed by atoms with Crippen molar-refractivity contribution >= 4 is 52.0 Å². The van der Waals surface area contributed by atoms with E-state index in [0.717, 1.165) is 57.6 Å². The first-order valence-corrected chi connectivity index (χ1v) is 19.1. The molecule has 2 N–H and O–H groups in total. The number of nitrogens with zero attached hydrogens (tertiary/aromatic N) is 2. The molecular formula is C41H43N3O2S2. The predicted molar refractivity (Wildman–Crippen MR) is 204 cm³/mol. The smallest absolute Gasteiger partial charge is 0.203 e. The summed E-state index contributed by atoms with van der Waals surface area (Å²) in [5.41, 5.74) is 8.25. The molecule has 0 saturated carbocycles. The molecule has 2 aliphatic carbocycles. The van der Waals surface area contributed by atoms with Gasteiger partial charge in [0.1, 0.15) is 5.76 Å². The van der Waals surface area contributed by atoms with Gasteiger partial charge in [0.25, 0.3) is 0 Å². The number of hydrogen-bond donors (Lipinski definition) is 2. The molecule has 0 fully saturated rings. The van der Waals surface area contributed by atoms with E-state index in [9.17, 15) is 9.90 Å². The molecule has 48 heavy (non-hydrogen) atoms. The van der Waals surface area contributed by atoms with Crippen LogP contribution < -0.4 is 20.1 Å². The lowest BCUT2D eigenvalue weighted by Crippen LogP contribution is -2.25. The highest BCUT2D eigenvalue weighted by molar-refractivity contribution is 7.16. The van der Waals surface area contributed by atoms with Gasteiger partial charge in [0.15, 0.2) is 0 Å². The Morgan fingerprint density at radius 1 is 0.812 bits per heavy atom. The molecule has 3 aliphatic rings. The lowest BCUT2D eigenvalue weighted by atomic mass is 9.81. The van der Waals surface area contributed by atoms with E-state index in [2.05, 4.69) is 97.7 Å². The minimum absolute atomic E-state index is 0.0736. The molecule has 3 heterocycles. The summed E-state index contributed by atoms with van der Waals surface area (Å²) in [4.78, 5) is 24.2. The fraction of sp³-hybridized carbons (Fsp3) is 0.317. The molecule has 0 spiro atoms. The van der Waals surface area contributed by atoms with Gasteiger partial charge in [-0.2, -0.15) is 0 Å². The van der Waals surface area contributed by atoms with Crippen LogP contribution in [0.4, 0.5) is 11.4 Å². The molecule has 2 aromatic carbocycles. The molecule has 0 radical (unpaired) electrons. The topological polar surface area (TPSA) is 64.9 Å². The number of Topliss-reactive ketones (excluding diaryl/α,β-unsaturated/α-hetero) is 1. The highest BCUT2D eigenvalue weighted by atomic mass is 32.1. The van der Waals surface area contributed by atoms with Crippen LogP contribution in [-0.2, 0) is 11.2 Å². The Morgan fingerprint density at radius 2 is 1.48 bits per heavy atom. The molecule has 0 atom stereocenters. The number of ketones is 1. The molecule has 1 aliphatic heterocycles. The fourth-order valence-electron chi connectivity index (χ4n) is 6.57. The second-order valence-electron chi connectivity index (χ2n) is 12.9. The van der Waals surface area contributed by atoms with Crippen LogP contribution in [0.2, 0.25) is 0 Å². The van der Waals surface area contributed by atoms with Crippen molar-refractivity contribution in [2.45, 2.75) is 65.7 Å². The van der Waals surface area contributed by atoms with Crippen LogP contribution in [0.15, 0.2) is 93.8 Å². The Morgan fingerprint density at radius 3 is 2.10 bits per heavy atom. The number of thiophene rings is 2. The van der Waals surface area contributed by atoms with Crippen molar-refractivity contribution in [2.75, 3.05) is 29.9 Å². The fourth-order valence-corrected chi connectivity index (χ4v) is 8.76. The van der Waals surface area contributed by atoms with E-state index >= 15 is 0 Å². The molecule has 0 unspecified atom stereocenters. The van der Waals surface area contributed by atoms with Crippen molar-refractivity contribution < 1.29 is 9.90 Å². The van der Waals surface area contributed by atoms with Crippen molar-refractivity contribution in [2.24, 2.45) is 4.99 Å². The van der Waals surface area contributed by atoms with Crippen LogP contribution in [0.5, 0.6) is 0 Å². The Labute approximate surface area is 291 Å². The number of unbranched alkanes of at least 4 members (excludes halogenated alkanes) is 3. The zero-order valence-corrected chi connectivity index (χ0v) is 29.7. The van der Waals surface area contributed by atoms with Gasteiger partial charge in [-0.25, -0.2) is 4.99 Å². The standard InChI is InChI=1S/C41H43N3O2S2/c1-4-7-18-42-30-14-10-26(11-15-30)36-24-32-37(48-36)25-33(43-32)39-40(45)38(41(39)46)29-21-28-22-34(47-35(28)23-29)27-12-16-31(17-13-27)44(19-8-5-2)20-9-6-3/h10-17,22-25,42,45H,4-9,18-21H2,1-3H3. The molecule has 7 heteroatoms. The van der Waals surface area contributed by atoms with Crippen molar-refractivity contribution in [1.82, 2.24) is 0 Å². The molecular weight excluding hydrogens is 631 g/mol. The van der Waals surface area contributed by atoms with E-state index in [-0.39, 0.29) is 11.5 Å². The molecule has 7 rings (SSSR count). The quantitative estimate of drug-likeness (QED) is 0.103. The van der Waals surface area contributed by atoms with E-state index in [1.54, 1.807) is 22.7 Å². The maximum absolute atomic E-state index is 13.4. The summed E-state index contributed by atoms with van der Waals surface area (Å²) in [6, 6.07) is 21.8. The summed E-state index contributed by atoms with van der Waals surface area (Å²) in [5, 5.41) is 15.4. The first-order valence-electron chi connectivity index (χ1n) is 17.4. The summed E-state index contributed by atoms with van der Waals surface area (Å²) in [5.74, 6) is -0.0404. The van der Waals surface area contributed by atoms with E-state index in [4.69, 9.17) is 4.99 Å². The summed E-state index contributed by atoms with van der Waals surface area (Å²) in [7, 11) is 0. The molecule has 0 amide bonds. The number of anilines is 2. The molecule has 4 aromatic rings. The summed E-state index contributed by atoms with van der Waals surface area (Å²) >= 11 is 3.42. The number of benzene rings is 2. The average Bonchev–Trinajstić information content (AvgIpc) is 3.86. The molecule has 0 saturated heterocycles. The Bertz CT molecular complexity index is 2020. The highest BCUT2D eigenvalue weighted by Crippen LogP contribution is 2.45. The number of fused-ring (bicyclic) bond motifs is 2. The van der Waals surface area contributed by atoms with Gasteiger partial charge in [0.2, 0.25) is 5.78 Å². The van der Waals surface area contributed by atoms with Gasteiger partial charge in [-0.3, -0.25) is 4.79 Å². The third-order valence-electron chi connectivity index (χ3n) is 9.39. The highest BCUT2D eigenvalue weighted by Gasteiger charge is 2.40. The van der Waals surface area contributed by atoms with E-state index in [0.29, 0.717) is 23.3 Å². The summed E-state index contributed by atoms with van der Waals surface area (Å²) < 4.78 is 1.02. The van der Waals surface area contributed by atoms with Gasteiger partial charge in [-0.05, 0) is 96.5 Å². The summed E-state index contributed by atoms with van der Waals surface area (Å²) in [6.45, 7) is 9.88. The van der Waals surface area contributed by atoms with E-state index in [1.807, 2.05) is 6.08 Å². The van der Waals surface area contributed by atoms with Gasteiger partial charge in [0.05, 0.1) is 26.7 Å². The Balaban J connectivity index is 1.05. The number of carbonyl (C=O) groups excluding carboxylic acids is 1. The van der Waals surface area contributed by atoms with Crippen LogP contribution >= 0.6 is 22.7 Å². The number of aliphatic hydroxyl groups excluding tert-OH is 1. The van der Waals surface area contributed by atoms with E-state index < -0.39 is 0 Å². The zero-order valence-electron chi connectivity index (χ0n) is 28.1. The summed E-state index contributed by atoms with van der Waals surface area (Å²) in [6.07, 6.45) is 11.8. The number of carbonyl (C=O) groups is 1. The number of hydrogen-bond acceptors (Lipinski definition) is 7. The largest absolute Gasteiger partial charge is 0.506 e. The maximum Gasteiger partial charge on any atom is 0.203 e. The van der Waals surface area contributed by atoms with Crippen LogP contribution in [-0.4, -0.2) is 30.5 Å². The van der Waals surface area contributed by atoms with Gasteiger partial charge in [-0.1, -0.05) is 64.3 Å². The number of aliphatic hydroxyl groups is 1. The number of nitrogens with one attached hydrogen (secondary N) is 1. The number of allylic oxidation sites excluding steroid dienone is 4. The normalized spacial score (nSPS) is 16.3. The van der Waals surface area contributed by atoms with Crippen LogP contribution in [0.3, 0.4) is 0 Å². The third-order valence-corrected chi connectivity index (χ3v) is 11.7. The molecule has 2 aromatic heterocycles. The van der Waals surface area contributed by atoms with Gasteiger partial charge in [0, 0.05) is 45.6 Å². The minimum atomic E-state index is -0.114. The Kier molecular flexibility index (Phi) is 9.51. The van der Waals surface area contributed by atoms with Gasteiger partial charge < -0.3 is 15.3 Å². The zero-order chi connectivity index (χ0) is 33.2. The Hall–Kier alpha value is -4.20. The SMILES string of the molecule is CCCCNc1ccc(-c2cc3c(s2)=CC(=C2C(=O)C(C4=Cc5sc(-c6ccc(N(CCCC)CCCC)cc6)cc5C4)=C2O)N=3)cc1. The van der Waals surface area contributed by atoms with Crippen molar-refractivity contribution in [3.05, 3.63) is 109 Å². The van der Waals surface area contributed by atoms with Crippen LogP contribution in [0, 0.1) is 0 Å². The predicted octanol–water partition coefficient (Wildman–Crippen LogP) is 9.46. The second kappa shape index (κ2) is 14.1. The van der Waals surface area contributed by atoms with Crippen LogP contribution in [0.25, 0.3) is 33.0 Å². The molecule has 246 valence electrons. The van der Waals surface area contributed by atoms with Crippen molar-refractivity contribution in [3.63, 3.8) is 0 Å². The second-order valence-corrected chi connectivity index (χ2v) is 15.0. The maximum atomic E-state index is 13.4. The lowest BCUT2D eigenvalue weighted by molar-refractivity contribution is -0.113. The first kappa shape index (κ1) is 32.4. The van der Waals surface area contributed by atoms with Crippen LogP contribution in [0.1, 0.15) is 69.7 Å². The van der Waals surface area contributed by atoms with Gasteiger partial charge in [-0.15, -0.1) is 22.7 Å². The number of rotatable bonds is 14. The molecule has 0 bridgehead atoms. The monoisotopic (exact) mass is 673 g/mol. The van der Waals surface area contributed by atoms with Crippen molar-refractivity contribution in [1.29, 1.82) is 0 Å². The van der Waals surface area contributed by atoms with E-state index in [1.165, 1.54) is 58.7 Å². The lowest BCUT2D eigenvalue weighted by Gasteiger charge is -2.25. The van der Waals surface area contributed by atoms with Crippen molar-refractivity contribution in [3.8, 4) is 20.9 Å². The minimum Gasteiger partial charge on any atom is -0.506 e. The molecule has 5 nitrogen and oxygen atoms in total. The third kappa shape index (κ3) is 6.34.